The van der Waals surface area contributed by atoms with Gasteiger partial charge in [-0.2, -0.15) is 0 Å². The number of nitrogens with zero attached hydrogens (tertiary/aromatic N) is 1. The first kappa shape index (κ1) is 10.9. The molecule has 14 heavy (non-hydrogen) atoms. The van der Waals surface area contributed by atoms with Crippen molar-refractivity contribution in [3.8, 4) is 0 Å². The molecule has 1 fully saturated rings. The molecule has 1 aromatic rings. The van der Waals surface area contributed by atoms with E-state index >= 15 is 0 Å². The van der Waals surface area contributed by atoms with E-state index in [1.54, 1.807) is 12.3 Å². The number of nitrogens with two attached hydrogens (primary N) is 1. The number of carbonyl (C=O) groups is 1. The molecule has 0 aliphatic carbocycles. The maximum Gasteiger partial charge on any atom is 0.254 e. The van der Waals surface area contributed by atoms with E-state index in [9.17, 15) is 4.79 Å². The van der Waals surface area contributed by atoms with Crippen molar-refractivity contribution in [3.63, 3.8) is 0 Å². The van der Waals surface area contributed by atoms with Gasteiger partial charge in [-0.3, -0.25) is 4.79 Å². The van der Waals surface area contributed by atoms with E-state index < -0.39 is 5.91 Å². The third-order valence-electron chi connectivity index (χ3n) is 1.96. The molecule has 0 aromatic carbocycles. The van der Waals surface area contributed by atoms with Crippen LogP contribution in [-0.4, -0.2) is 18.6 Å². The Labute approximate surface area is 88.1 Å². The molecule has 1 aromatic heterocycles. The number of halogens is 1. The topological polar surface area (TPSA) is 59.5 Å². The van der Waals surface area contributed by atoms with Gasteiger partial charge in [0.25, 0.3) is 5.91 Å². The smallest absolute Gasteiger partial charge is 0.254 e. The Hall–Kier alpha value is -1.13. The zero-order chi connectivity index (χ0) is 9.26. The summed E-state index contributed by atoms with van der Waals surface area (Å²) < 4.78 is 6.99. The van der Waals surface area contributed by atoms with Gasteiger partial charge in [-0.15, -0.1) is 0 Å². The van der Waals surface area contributed by atoms with Crippen molar-refractivity contribution in [1.82, 2.24) is 0 Å². The number of amides is 1. The van der Waals surface area contributed by atoms with E-state index in [0.29, 0.717) is 11.7 Å². The van der Waals surface area contributed by atoms with E-state index in [-0.39, 0.29) is 12.4 Å². The van der Waals surface area contributed by atoms with Crippen LogP contribution in [0.4, 0.5) is 0 Å². The van der Waals surface area contributed by atoms with Gasteiger partial charge in [0.05, 0.1) is 6.61 Å². The molecule has 1 aliphatic rings. The minimum Gasteiger partial charge on any atom is -1.00 e. The highest BCUT2D eigenvalue weighted by Gasteiger charge is 2.27. The molecule has 1 saturated heterocycles. The molecule has 0 bridgehead atoms. The number of hydrogen-bond acceptors (Lipinski definition) is 2. The summed E-state index contributed by atoms with van der Waals surface area (Å²) in [7, 11) is 0. The summed E-state index contributed by atoms with van der Waals surface area (Å²) in [5.74, 6) is -0.397. The van der Waals surface area contributed by atoms with Crippen LogP contribution < -0.4 is 22.7 Å². The zero-order valence-corrected chi connectivity index (χ0v) is 8.28. The first-order chi connectivity index (χ1) is 6.25. The second-order valence-corrected chi connectivity index (χ2v) is 3.11. The Morgan fingerprint density at radius 3 is 3.00 bits per heavy atom. The highest BCUT2D eigenvalue weighted by atomic mass is 35.5. The second kappa shape index (κ2) is 4.39. The van der Waals surface area contributed by atoms with E-state index in [4.69, 9.17) is 10.5 Å². The molecule has 76 valence electrons. The van der Waals surface area contributed by atoms with Gasteiger partial charge in [-0.1, -0.05) is 0 Å². The number of carbonyl (C=O) groups excluding carboxylic acids is 1. The third-order valence-corrected chi connectivity index (χ3v) is 1.96. The normalized spacial score (nSPS) is 18.4. The predicted molar refractivity (Wildman–Crippen MR) is 44.9 cm³/mol. The van der Waals surface area contributed by atoms with Gasteiger partial charge in [0.1, 0.15) is 11.7 Å². The Balaban J connectivity index is 0.000000980. The lowest BCUT2D eigenvalue weighted by atomic mass is 10.2. The number of ether oxygens (including phenoxy) is 1. The summed E-state index contributed by atoms with van der Waals surface area (Å²) >= 11 is 0. The van der Waals surface area contributed by atoms with E-state index in [2.05, 4.69) is 0 Å². The van der Waals surface area contributed by atoms with Crippen molar-refractivity contribution in [3.05, 3.63) is 30.1 Å². The maximum absolute atomic E-state index is 10.8. The minimum atomic E-state index is -0.397. The molecule has 2 rings (SSSR count). The molecule has 4 nitrogen and oxygen atoms in total. The molecule has 0 saturated carbocycles. The zero-order valence-electron chi connectivity index (χ0n) is 7.52. The van der Waals surface area contributed by atoms with Gasteiger partial charge in [-0.25, -0.2) is 4.57 Å². The van der Waals surface area contributed by atoms with Crippen molar-refractivity contribution in [1.29, 1.82) is 0 Å². The summed E-state index contributed by atoms with van der Waals surface area (Å²) in [5.41, 5.74) is 5.68. The molecule has 5 heteroatoms. The van der Waals surface area contributed by atoms with Crippen molar-refractivity contribution in [2.24, 2.45) is 5.73 Å². The Morgan fingerprint density at radius 1 is 1.71 bits per heavy atom. The van der Waals surface area contributed by atoms with Gasteiger partial charge >= 0.3 is 0 Å². The van der Waals surface area contributed by atoms with Crippen LogP contribution in [0.25, 0.3) is 0 Å². The quantitative estimate of drug-likeness (QED) is 0.419. The molecule has 1 atom stereocenters. The third kappa shape index (κ3) is 2.68. The number of rotatable bonds is 3. The van der Waals surface area contributed by atoms with Crippen molar-refractivity contribution in [2.45, 2.75) is 12.6 Å². The molecule has 1 unspecified atom stereocenters. The fourth-order valence-corrected chi connectivity index (χ4v) is 1.19. The van der Waals surface area contributed by atoms with E-state index in [1.807, 2.05) is 16.8 Å². The van der Waals surface area contributed by atoms with Crippen molar-refractivity contribution < 1.29 is 26.5 Å². The predicted octanol–water partition coefficient (Wildman–Crippen LogP) is -3.52. The van der Waals surface area contributed by atoms with E-state index in [1.165, 1.54) is 0 Å². The van der Waals surface area contributed by atoms with Gasteiger partial charge in [-0.05, 0) is 6.07 Å². The average Bonchev–Trinajstić information content (AvgIpc) is 2.89. The molecule has 2 N–H and O–H groups in total. The van der Waals surface area contributed by atoms with Crippen LogP contribution in [0.2, 0.25) is 0 Å². The maximum atomic E-state index is 10.8. The standard InChI is InChI=1S/C9H10N2O2.ClH/c10-9(12)7-2-1-3-11(4-7)5-8-6-13-8;/h1-4,8H,5-6H2,(H-,10,12);1H. The number of aromatic nitrogens is 1. The molecular formula is C9H11ClN2O2. The van der Waals surface area contributed by atoms with Gasteiger partial charge in [0.2, 0.25) is 0 Å². The highest BCUT2D eigenvalue weighted by molar-refractivity contribution is 5.92. The van der Waals surface area contributed by atoms with E-state index in [0.717, 1.165) is 13.2 Å². The van der Waals surface area contributed by atoms with Gasteiger partial charge < -0.3 is 22.9 Å². The van der Waals surface area contributed by atoms with Crippen LogP contribution in [0.5, 0.6) is 0 Å². The van der Waals surface area contributed by atoms with Gasteiger partial charge in [0.15, 0.2) is 18.9 Å². The summed E-state index contributed by atoms with van der Waals surface area (Å²) in [6.07, 6.45) is 3.95. The monoisotopic (exact) mass is 214 g/mol. The fourth-order valence-electron chi connectivity index (χ4n) is 1.19. The number of pyridine rings is 1. The second-order valence-electron chi connectivity index (χ2n) is 3.11. The number of hydrogen-bond donors (Lipinski definition) is 1. The molecule has 2 heterocycles. The van der Waals surface area contributed by atoms with Crippen LogP contribution in [0.3, 0.4) is 0 Å². The summed E-state index contributed by atoms with van der Waals surface area (Å²) in [6, 6.07) is 3.51. The van der Waals surface area contributed by atoms with Crippen molar-refractivity contribution in [2.75, 3.05) is 6.61 Å². The Kier molecular flexibility index (Phi) is 3.43. The molecule has 0 radical (unpaired) electrons. The lowest BCUT2D eigenvalue weighted by Crippen LogP contribution is -3.00. The summed E-state index contributed by atoms with van der Waals surface area (Å²) in [6.45, 7) is 1.61. The van der Waals surface area contributed by atoms with Crippen LogP contribution in [0.15, 0.2) is 24.5 Å². The van der Waals surface area contributed by atoms with Crippen LogP contribution in [0.1, 0.15) is 10.4 Å². The van der Waals surface area contributed by atoms with Gasteiger partial charge in [0, 0.05) is 6.07 Å². The molecule has 1 amide bonds. The van der Waals surface area contributed by atoms with Crippen LogP contribution >= 0.6 is 0 Å². The lowest BCUT2D eigenvalue weighted by Gasteiger charge is -1.94. The van der Waals surface area contributed by atoms with Crippen LogP contribution in [-0.2, 0) is 11.3 Å². The SMILES string of the molecule is NC(=O)c1ccc[n+](CC2CO2)c1.[Cl-]. The minimum absolute atomic E-state index is 0. The van der Waals surface area contributed by atoms with Crippen molar-refractivity contribution >= 4 is 5.91 Å². The number of epoxide rings is 1. The average molecular weight is 215 g/mol. The highest BCUT2D eigenvalue weighted by Crippen LogP contribution is 2.07. The molecule has 0 spiro atoms. The largest absolute Gasteiger partial charge is 1.00 e. The first-order valence-electron chi connectivity index (χ1n) is 4.16. The fraction of sp³-hybridized carbons (Fsp3) is 0.333. The number of primary amides is 1. The van der Waals surface area contributed by atoms with Crippen LogP contribution in [0, 0.1) is 0 Å². The molecule has 1 aliphatic heterocycles. The Bertz CT molecular complexity index is 339. The Morgan fingerprint density at radius 2 is 2.43 bits per heavy atom. The summed E-state index contributed by atoms with van der Waals surface area (Å²) in [5, 5.41) is 0. The molecular weight excluding hydrogens is 204 g/mol. The lowest BCUT2D eigenvalue weighted by molar-refractivity contribution is -0.698. The first-order valence-corrected chi connectivity index (χ1v) is 4.16. The summed E-state index contributed by atoms with van der Waals surface area (Å²) in [4.78, 5) is 10.8.